The largest absolute Gasteiger partial charge is 0.268 e. The van der Waals surface area contributed by atoms with Crippen molar-refractivity contribution in [2.24, 2.45) is 0 Å². The van der Waals surface area contributed by atoms with Crippen LogP contribution in [0.15, 0.2) is 24.3 Å². The molecule has 1 amide bonds. The maximum atomic E-state index is 11.3. The van der Waals surface area contributed by atoms with Crippen LogP contribution in [0.3, 0.4) is 0 Å². The topological polar surface area (TPSA) is 63.2 Å². The van der Waals surface area contributed by atoms with Gasteiger partial charge in [0.2, 0.25) is 10.0 Å². The molecule has 4 nitrogen and oxygen atoms in total. The van der Waals surface area contributed by atoms with E-state index < -0.39 is 15.9 Å². The van der Waals surface area contributed by atoms with Gasteiger partial charge in [-0.2, -0.15) is 0 Å². The van der Waals surface area contributed by atoms with Gasteiger partial charge in [-0.3, -0.25) is 4.79 Å². The molecule has 1 aromatic carbocycles. The Morgan fingerprint density at radius 2 is 1.93 bits per heavy atom. The SMILES string of the molecule is CS(=O)(=O)NC(=O)c1ccccc1Cl. The lowest BCUT2D eigenvalue weighted by atomic mass is 10.2. The number of nitrogens with one attached hydrogen (secondary N) is 1. The average Bonchev–Trinajstić information content (AvgIpc) is 2.01. The second kappa shape index (κ2) is 3.98. The molecule has 0 spiro atoms. The molecular formula is C8H8ClNO3S. The zero-order valence-corrected chi connectivity index (χ0v) is 8.89. The molecule has 0 radical (unpaired) electrons. The van der Waals surface area contributed by atoms with Gasteiger partial charge in [-0.25, -0.2) is 13.1 Å². The standard InChI is InChI=1S/C8H8ClNO3S/c1-14(12,13)10-8(11)6-4-2-3-5-7(6)9/h2-5H,1H3,(H,10,11). The van der Waals surface area contributed by atoms with Crippen LogP contribution in [0.4, 0.5) is 0 Å². The van der Waals surface area contributed by atoms with Crippen molar-refractivity contribution in [1.29, 1.82) is 0 Å². The summed E-state index contributed by atoms with van der Waals surface area (Å²) in [6.45, 7) is 0. The fourth-order valence-electron chi connectivity index (χ4n) is 0.869. The molecule has 0 saturated heterocycles. The van der Waals surface area contributed by atoms with Crippen molar-refractivity contribution in [3.8, 4) is 0 Å². The van der Waals surface area contributed by atoms with Gasteiger partial charge in [0, 0.05) is 0 Å². The molecule has 1 rings (SSSR count). The van der Waals surface area contributed by atoms with Crippen molar-refractivity contribution in [2.75, 3.05) is 6.26 Å². The predicted molar refractivity (Wildman–Crippen MR) is 53.8 cm³/mol. The van der Waals surface area contributed by atoms with Crippen LogP contribution in [0.25, 0.3) is 0 Å². The number of amides is 1. The molecular weight excluding hydrogens is 226 g/mol. The molecule has 6 heteroatoms. The summed E-state index contributed by atoms with van der Waals surface area (Å²) in [5.74, 6) is -0.724. The van der Waals surface area contributed by atoms with E-state index in [1.165, 1.54) is 12.1 Å². The summed E-state index contributed by atoms with van der Waals surface area (Å²) in [6, 6.07) is 6.21. The second-order valence-electron chi connectivity index (χ2n) is 2.68. The molecule has 1 N–H and O–H groups in total. The first-order valence-corrected chi connectivity index (χ1v) is 5.94. The van der Waals surface area contributed by atoms with Gasteiger partial charge >= 0.3 is 0 Å². The summed E-state index contributed by atoms with van der Waals surface area (Å²) in [6.07, 6.45) is 0.905. The minimum atomic E-state index is -3.55. The number of carbonyl (C=O) groups is 1. The highest BCUT2D eigenvalue weighted by atomic mass is 35.5. The summed E-state index contributed by atoms with van der Waals surface area (Å²) < 4.78 is 23.3. The highest BCUT2D eigenvalue weighted by molar-refractivity contribution is 7.89. The van der Waals surface area contributed by atoms with Crippen LogP contribution in [0.2, 0.25) is 5.02 Å². The summed E-state index contributed by atoms with van der Waals surface area (Å²) in [4.78, 5) is 11.3. The molecule has 0 fully saturated rings. The molecule has 0 heterocycles. The maximum absolute atomic E-state index is 11.3. The fraction of sp³-hybridized carbons (Fsp3) is 0.125. The van der Waals surface area contributed by atoms with Crippen molar-refractivity contribution in [3.05, 3.63) is 34.9 Å². The van der Waals surface area contributed by atoms with Crippen molar-refractivity contribution < 1.29 is 13.2 Å². The smallest absolute Gasteiger partial charge is 0.266 e. The Hall–Kier alpha value is -1.07. The van der Waals surface area contributed by atoms with E-state index in [0.717, 1.165) is 6.26 Å². The fourth-order valence-corrected chi connectivity index (χ4v) is 1.54. The highest BCUT2D eigenvalue weighted by Crippen LogP contribution is 2.14. The van der Waals surface area contributed by atoms with Crippen LogP contribution in [0.5, 0.6) is 0 Å². The van der Waals surface area contributed by atoms with Gasteiger partial charge in [-0.15, -0.1) is 0 Å². The van der Waals surface area contributed by atoms with E-state index in [0.29, 0.717) is 0 Å². The summed E-state index contributed by atoms with van der Waals surface area (Å²) in [5, 5.41) is 0.216. The molecule has 0 aromatic heterocycles. The van der Waals surface area contributed by atoms with Crippen LogP contribution in [0, 0.1) is 0 Å². The number of hydrogen-bond acceptors (Lipinski definition) is 3. The Kier molecular flexibility index (Phi) is 3.13. The molecule has 0 aliphatic carbocycles. The summed E-state index contributed by atoms with van der Waals surface area (Å²) in [7, 11) is -3.55. The Morgan fingerprint density at radius 3 is 2.43 bits per heavy atom. The van der Waals surface area contributed by atoms with Gasteiger partial charge in [0.15, 0.2) is 0 Å². The number of sulfonamides is 1. The Morgan fingerprint density at radius 1 is 1.36 bits per heavy atom. The Labute approximate surface area is 86.9 Å². The quantitative estimate of drug-likeness (QED) is 0.830. The summed E-state index contributed by atoms with van der Waals surface area (Å²) >= 11 is 5.69. The van der Waals surface area contributed by atoms with E-state index in [1.54, 1.807) is 12.1 Å². The molecule has 0 aliphatic rings. The van der Waals surface area contributed by atoms with Gasteiger partial charge in [-0.05, 0) is 12.1 Å². The predicted octanol–water partition coefficient (Wildman–Crippen LogP) is 1.03. The van der Waals surface area contributed by atoms with E-state index in [4.69, 9.17) is 11.6 Å². The minimum Gasteiger partial charge on any atom is -0.268 e. The lowest BCUT2D eigenvalue weighted by molar-refractivity contribution is 0.0982. The van der Waals surface area contributed by atoms with Crippen LogP contribution in [0.1, 0.15) is 10.4 Å². The maximum Gasteiger partial charge on any atom is 0.266 e. The van der Waals surface area contributed by atoms with Crippen molar-refractivity contribution in [1.82, 2.24) is 4.72 Å². The number of halogens is 1. The first-order chi connectivity index (χ1) is 6.40. The van der Waals surface area contributed by atoms with E-state index in [2.05, 4.69) is 0 Å². The third kappa shape index (κ3) is 3.01. The number of carbonyl (C=O) groups excluding carboxylic acids is 1. The molecule has 1 aromatic rings. The average molecular weight is 234 g/mol. The third-order valence-electron chi connectivity index (χ3n) is 1.40. The lowest BCUT2D eigenvalue weighted by Crippen LogP contribution is -2.29. The van der Waals surface area contributed by atoms with E-state index in [-0.39, 0.29) is 10.6 Å². The van der Waals surface area contributed by atoms with E-state index in [1.807, 2.05) is 4.72 Å². The number of hydrogen-bond donors (Lipinski definition) is 1. The molecule has 0 atom stereocenters. The van der Waals surface area contributed by atoms with Crippen molar-refractivity contribution >= 4 is 27.5 Å². The first kappa shape index (κ1) is 11.0. The van der Waals surface area contributed by atoms with Crippen LogP contribution >= 0.6 is 11.6 Å². The van der Waals surface area contributed by atoms with Gasteiger partial charge < -0.3 is 0 Å². The van der Waals surface area contributed by atoms with Crippen LogP contribution in [-0.2, 0) is 10.0 Å². The molecule has 0 bridgehead atoms. The van der Waals surface area contributed by atoms with E-state index >= 15 is 0 Å². The molecule has 14 heavy (non-hydrogen) atoms. The first-order valence-electron chi connectivity index (χ1n) is 3.67. The zero-order chi connectivity index (χ0) is 10.8. The van der Waals surface area contributed by atoms with Gasteiger partial charge in [-0.1, -0.05) is 23.7 Å². The normalized spacial score (nSPS) is 11.0. The number of rotatable bonds is 2. The summed E-state index contributed by atoms with van der Waals surface area (Å²) in [5.41, 5.74) is 0.139. The van der Waals surface area contributed by atoms with Gasteiger partial charge in [0.25, 0.3) is 5.91 Å². The Balaban J connectivity index is 2.97. The second-order valence-corrected chi connectivity index (χ2v) is 4.84. The molecule has 0 saturated carbocycles. The van der Waals surface area contributed by atoms with Gasteiger partial charge in [0.1, 0.15) is 0 Å². The van der Waals surface area contributed by atoms with E-state index in [9.17, 15) is 13.2 Å². The van der Waals surface area contributed by atoms with Crippen LogP contribution < -0.4 is 4.72 Å². The lowest BCUT2D eigenvalue weighted by Gasteiger charge is -2.03. The molecule has 76 valence electrons. The monoisotopic (exact) mass is 233 g/mol. The van der Waals surface area contributed by atoms with Crippen molar-refractivity contribution in [3.63, 3.8) is 0 Å². The highest BCUT2D eigenvalue weighted by Gasteiger charge is 2.13. The zero-order valence-electron chi connectivity index (χ0n) is 7.32. The Bertz CT molecular complexity index is 455. The molecule has 0 aliphatic heterocycles. The van der Waals surface area contributed by atoms with Crippen molar-refractivity contribution in [2.45, 2.75) is 0 Å². The van der Waals surface area contributed by atoms with Crippen LogP contribution in [-0.4, -0.2) is 20.6 Å². The van der Waals surface area contributed by atoms with Gasteiger partial charge in [0.05, 0.1) is 16.8 Å². The minimum absolute atomic E-state index is 0.139. The third-order valence-corrected chi connectivity index (χ3v) is 2.28. The molecule has 0 unspecified atom stereocenters. The number of benzene rings is 1.